The van der Waals surface area contributed by atoms with Crippen molar-refractivity contribution in [3.63, 3.8) is 0 Å². The zero-order valence-corrected chi connectivity index (χ0v) is 28.4. The van der Waals surface area contributed by atoms with Gasteiger partial charge in [0.25, 0.3) is 15.9 Å². The molecular weight excluding hydrogens is 599 g/mol. The average Bonchev–Trinajstić information content (AvgIpc) is 2.98. The zero-order chi connectivity index (χ0) is 32.9. The summed E-state index contributed by atoms with van der Waals surface area (Å²) in [5, 5.41) is 9.46. The van der Waals surface area contributed by atoms with Crippen LogP contribution in [0.5, 0.6) is 0 Å². The molecule has 0 saturated carbocycles. The Kier molecular flexibility index (Phi) is 15.4. The normalized spacial score (nSPS) is 12.9. The molecule has 0 aromatic heterocycles. The monoisotopic (exact) mass is 647 g/mol. The molecule has 44 heavy (non-hydrogen) atoms. The molecule has 0 aliphatic carbocycles. The number of benzene rings is 2. The maximum absolute atomic E-state index is 13.5. The molecule has 11 heteroatoms. The van der Waals surface area contributed by atoms with E-state index in [1.54, 1.807) is 35.2 Å². The molecular formula is C33H49N3O6S2. The van der Waals surface area contributed by atoms with E-state index in [1.807, 2.05) is 28.7 Å². The van der Waals surface area contributed by atoms with E-state index in [9.17, 15) is 27.9 Å². The molecule has 0 unspecified atom stereocenters. The molecule has 0 radical (unpaired) electrons. The van der Waals surface area contributed by atoms with Crippen LogP contribution in [0.3, 0.4) is 0 Å². The van der Waals surface area contributed by atoms with Gasteiger partial charge in [-0.25, -0.2) is 13.1 Å². The van der Waals surface area contributed by atoms with Crippen LogP contribution >= 0.6 is 12.6 Å². The van der Waals surface area contributed by atoms with Crippen LogP contribution in [0.1, 0.15) is 78.7 Å². The lowest BCUT2D eigenvalue weighted by molar-refractivity contribution is -0.136. The van der Waals surface area contributed by atoms with Gasteiger partial charge in [-0.1, -0.05) is 76.6 Å². The van der Waals surface area contributed by atoms with Gasteiger partial charge < -0.3 is 14.9 Å². The average molecular weight is 648 g/mol. The first-order chi connectivity index (χ1) is 20.8. The van der Waals surface area contributed by atoms with Gasteiger partial charge in [-0.2, -0.15) is 12.6 Å². The van der Waals surface area contributed by atoms with Crippen molar-refractivity contribution in [3.05, 3.63) is 54.1 Å². The molecule has 9 nitrogen and oxygen atoms in total. The van der Waals surface area contributed by atoms with Crippen LogP contribution < -0.4 is 4.72 Å². The van der Waals surface area contributed by atoms with Crippen molar-refractivity contribution < 1.29 is 27.9 Å². The second-order valence-corrected chi connectivity index (χ2v) is 13.6. The number of thiol groups is 1. The molecule has 2 aromatic rings. The number of carbonyl (C=O) groups excluding carboxylic acids is 3. The van der Waals surface area contributed by atoms with Crippen LogP contribution in [0, 0.1) is 5.92 Å². The van der Waals surface area contributed by atoms with Crippen LogP contribution in [-0.2, 0) is 31.0 Å². The molecule has 2 atom stereocenters. The summed E-state index contributed by atoms with van der Waals surface area (Å²) in [7, 11) is -4.23. The van der Waals surface area contributed by atoms with Gasteiger partial charge in [0.2, 0.25) is 11.8 Å². The molecule has 0 aliphatic heterocycles. The molecule has 244 valence electrons. The highest BCUT2D eigenvalue weighted by atomic mass is 32.2. The third-order valence-electron chi connectivity index (χ3n) is 7.38. The summed E-state index contributed by atoms with van der Waals surface area (Å²) in [4.78, 5) is 42.0. The van der Waals surface area contributed by atoms with E-state index in [2.05, 4.69) is 33.4 Å². The predicted molar refractivity (Wildman–Crippen MR) is 178 cm³/mol. The first-order valence-corrected chi connectivity index (χ1v) is 17.6. The first kappa shape index (κ1) is 37.3. The second-order valence-electron chi connectivity index (χ2n) is 11.5. The third kappa shape index (κ3) is 11.2. The van der Waals surface area contributed by atoms with E-state index >= 15 is 0 Å². The molecule has 2 N–H and O–H groups in total. The summed E-state index contributed by atoms with van der Waals surface area (Å²) in [6.45, 7) is 10.8. The van der Waals surface area contributed by atoms with E-state index < -0.39 is 22.0 Å². The van der Waals surface area contributed by atoms with E-state index in [0.717, 1.165) is 24.8 Å². The number of aliphatic hydroxyl groups is 1. The lowest BCUT2D eigenvalue weighted by Crippen LogP contribution is -2.44. The summed E-state index contributed by atoms with van der Waals surface area (Å²) in [5.74, 6) is 0.0547. The number of nitrogens with zero attached hydrogens (tertiary/aromatic N) is 2. The summed E-state index contributed by atoms with van der Waals surface area (Å²) in [6.07, 6.45) is 2.56. The van der Waals surface area contributed by atoms with Crippen LogP contribution in [-0.4, -0.2) is 72.0 Å². The number of rotatable bonds is 18. The van der Waals surface area contributed by atoms with E-state index in [4.69, 9.17) is 0 Å². The summed E-state index contributed by atoms with van der Waals surface area (Å²) >= 11 is 4.52. The van der Waals surface area contributed by atoms with Gasteiger partial charge in [-0.15, -0.1) is 0 Å². The SMILES string of the molecule is CCCC(=O)N(CCC(=O)N(CCC(C)C)[C@@H](CS)CCC)Cc1ccc(-c2ccccc2S(=O)(=O)NC(=O)[C@H](C)O)cc1. The van der Waals surface area contributed by atoms with Gasteiger partial charge in [0.05, 0.1) is 4.90 Å². The fraction of sp³-hybridized carbons (Fsp3) is 0.545. The molecule has 0 heterocycles. The van der Waals surface area contributed by atoms with Crippen LogP contribution in [0.25, 0.3) is 11.1 Å². The molecule has 2 rings (SSSR count). The second kappa shape index (κ2) is 18.2. The van der Waals surface area contributed by atoms with Crippen LogP contribution in [0.4, 0.5) is 0 Å². The zero-order valence-electron chi connectivity index (χ0n) is 26.7. The molecule has 3 amide bonds. The molecule has 0 saturated heterocycles. The van der Waals surface area contributed by atoms with Crippen molar-refractivity contribution in [2.24, 2.45) is 5.92 Å². The maximum atomic E-state index is 13.5. The lowest BCUT2D eigenvalue weighted by Gasteiger charge is -2.32. The summed E-state index contributed by atoms with van der Waals surface area (Å²) in [5.41, 5.74) is 1.83. The number of hydrogen-bond acceptors (Lipinski definition) is 7. The van der Waals surface area contributed by atoms with Gasteiger partial charge in [0.1, 0.15) is 6.10 Å². The standard InChI is InChI=1S/C33H49N3O6S2/c1-6-10-28(23-43)36(21-18-24(3)4)32(39)19-20-35(31(38)11-7-2)22-26-14-16-27(17-15-26)29-12-8-9-13-30(29)44(41,42)34-33(40)25(5)37/h8-9,12-17,24-25,28,37,43H,6-7,10-11,18-23H2,1-5H3,(H,34,40)/t25-,28+/m0/s1. The van der Waals surface area contributed by atoms with Crippen molar-refractivity contribution in [1.82, 2.24) is 14.5 Å². The summed E-state index contributed by atoms with van der Waals surface area (Å²) < 4.78 is 27.7. The minimum absolute atomic E-state index is 0.0253. The van der Waals surface area contributed by atoms with E-state index in [1.165, 1.54) is 13.0 Å². The van der Waals surface area contributed by atoms with Gasteiger partial charge in [-0.05, 0) is 49.3 Å². The Morgan fingerprint density at radius 1 is 0.886 bits per heavy atom. The molecule has 0 bridgehead atoms. The first-order valence-electron chi connectivity index (χ1n) is 15.5. The fourth-order valence-electron chi connectivity index (χ4n) is 4.85. The van der Waals surface area contributed by atoms with Gasteiger partial charge >= 0.3 is 0 Å². The highest BCUT2D eigenvalue weighted by Crippen LogP contribution is 2.28. The highest BCUT2D eigenvalue weighted by molar-refractivity contribution is 7.90. The predicted octanol–water partition coefficient (Wildman–Crippen LogP) is 5.03. The van der Waals surface area contributed by atoms with Crippen molar-refractivity contribution in [2.75, 3.05) is 18.8 Å². The number of aliphatic hydroxyl groups excluding tert-OH is 1. The minimum atomic E-state index is -4.23. The Bertz CT molecular complexity index is 1330. The number of amides is 3. The molecule has 0 fully saturated rings. The molecule has 0 spiro atoms. The van der Waals surface area contributed by atoms with Crippen molar-refractivity contribution in [3.8, 4) is 11.1 Å². The quantitative estimate of drug-likeness (QED) is 0.195. The topological polar surface area (TPSA) is 124 Å². The lowest BCUT2D eigenvalue weighted by atomic mass is 10.0. The van der Waals surface area contributed by atoms with Crippen LogP contribution in [0.2, 0.25) is 0 Å². The fourth-order valence-corrected chi connectivity index (χ4v) is 6.51. The Hall–Kier alpha value is -2.89. The number of sulfonamides is 1. The number of nitrogens with one attached hydrogen (secondary N) is 1. The largest absolute Gasteiger partial charge is 0.384 e. The van der Waals surface area contributed by atoms with E-state index in [0.29, 0.717) is 55.3 Å². The Morgan fingerprint density at radius 3 is 2.11 bits per heavy atom. The number of hydrogen-bond donors (Lipinski definition) is 3. The highest BCUT2D eigenvalue weighted by Gasteiger charge is 2.25. The van der Waals surface area contributed by atoms with Gasteiger partial charge in [0.15, 0.2) is 0 Å². The van der Waals surface area contributed by atoms with Crippen molar-refractivity contribution >= 4 is 40.4 Å². The molecule has 0 aliphatic rings. The summed E-state index contributed by atoms with van der Waals surface area (Å²) in [6, 6.07) is 13.5. The minimum Gasteiger partial charge on any atom is -0.384 e. The maximum Gasteiger partial charge on any atom is 0.264 e. The molecule has 2 aromatic carbocycles. The smallest absolute Gasteiger partial charge is 0.264 e. The Balaban J connectivity index is 2.25. The van der Waals surface area contributed by atoms with Gasteiger partial charge in [0, 0.05) is 49.8 Å². The van der Waals surface area contributed by atoms with Crippen LogP contribution in [0.15, 0.2) is 53.4 Å². The Labute approximate surface area is 268 Å². The van der Waals surface area contributed by atoms with Gasteiger partial charge in [-0.3, -0.25) is 14.4 Å². The van der Waals surface area contributed by atoms with Crippen molar-refractivity contribution in [2.45, 2.75) is 96.7 Å². The van der Waals surface area contributed by atoms with E-state index in [-0.39, 0.29) is 29.2 Å². The van der Waals surface area contributed by atoms with Crippen molar-refractivity contribution in [1.29, 1.82) is 0 Å². The number of carbonyl (C=O) groups is 3. The third-order valence-corrected chi connectivity index (χ3v) is 9.21. The Morgan fingerprint density at radius 2 is 1.55 bits per heavy atom.